The molecule has 1 amide bonds. The zero-order chi connectivity index (χ0) is 23.4. The Morgan fingerprint density at radius 3 is 2.42 bits per heavy atom. The van der Waals surface area contributed by atoms with Crippen molar-refractivity contribution < 1.29 is 27.8 Å². The van der Waals surface area contributed by atoms with Crippen molar-refractivity contribution in [2.75, 3.05) is 13.7 Å². The van der Waals surface area contributed by atoms with Gasteiger partial charge in [-0.3, -0.25) is 4.79 Å². The van der Waals surface area contributed by atoms with Crippen molar-refractivity contribution in [2.45, 2.75) is 12.5 Å². The predicted octanol–water partition coefficient (Wildman–Crippen LogP) is 4.51. The number of ether oxygens (including phenoxy) is 2. The van der Waals surface area contributed by atoms with Crippen molar-refractivity contribution in [1.82, 2.24) is 5.01 Å². The molecule has 0 aromatic heterocycles. The fourth-order valence-electron chi connectivity index (χ4n) is 3.56. The van der Waals surface area contributed by atoms with Gasteiger partial charge >= 0.3 is 5.97 Å². The average molecular weight is 450 g/mol. The van der Waals surface area contributed by atoms with Crippen LogP contribution in [0.3, 0.4) is 0 Å². The molecular weight excluding hydrogens is 430 g/mol. The highest BCUT2D eigenvalue weighted by molar-refractivity contribution is 6.03. The van der Waals surface area contributed by atoms with Crippen molar-refractivity contribution >= 4 is 17.6 Å². The molecule has 33 heavy (non-hydrogen) atoms. The zero-order valence-electron chi connectivity index (χ0n) is 17.7. The Bertz CT molecular complexity index is 1200. The second kappa shape index (κ2) is 9.60. The Morgan fingerprint density at radius 2 is 1.76 bits per heavy atom. The summed E-state index contributed by atoms with van der Waals surface area (Å²) in [6.07, 6.45) is 0.461. The Balaban J connectivity index is 1.54. The normalized spacial score (nSPS) is 15.2. The predicted molar refractivity (Wildman–Crippen MR) is 117 cm³/mol. The molecule has 8 heteroatoms. The Hall–Kier alpha value is -4.07. The zero-order valence-corrected chi connectivity index (χ0v) is 17.7. The Kier molecular flexibility index (Phi) is 6.44. The third-order valence-corrected chi connectivity index (χ3v) is 5.25. The molecule has 0 radical (unpaired) electrons. The number of hydrazone groups is 1. The number of rotatable bonds is 6. The minimum atomic E-state index is -1.06. The van der Waals surface area contributed by atoms with E-state index in [2.05, 4.69) is 5.10 Å². The molecular formula is C25H20F2N2O4. The van der Waals surface area contributed by atoms with E-state index < -0.39 is 41.7 Å². The number of methoxy groups -OCH3 is 1. The van der Waals surface area contributed by atoms with E-state index in [4.69, 9.17) is 9.47 Å². The SMILES string of the molecule is COc1ccc(C2CC(c3ccccc3)=NN2C(=O)COC(=O)c2ccc(F)cc2F)cc1. The summed E-state index contributed by atoms with van der Waals surface area (Å²) in [6.45, 7) is -0.645. The lowest BCUT2D eigenvalue weighted by molar-refractivity contribution is -0.136. The van der Waals surface area contributed by atoms with E-state index in [9.17, 15) is 18.4 Å². The van der Waals surface area contributed by atoms with Crippen LogP contribution < -0.4 is 4.74 Å². The highest BCUT2D eigenvalue weighted by Crippen LogP contribution is 2.33. The molecule has 0 bridgehead atoms. The highest BCUT2D eigenvalue weighted by Gasteiger charge is 2.33. The first-order valence-corrected chi connectivity index (χ1v) is 10.2. The van der Waals surface area contributed by atoms with E-state index in [1.54, 1.807) is 19.2 Å². The quantitative estimate of drug-likeness (QED) is 0.519. The van der Waals surface area contributed by atoms with Crippen LogP contribution in [-0.4, -0.2) is 36.3 Å². The van der Waals surface area contributed by atoms with Crippen molar-refractivity contribution in [3.05, 3.63) is 101 Å². The number of hydrogen-bond acceptors (Lipinski definition) is 5. The standard InChI is InChI=1S/C25H20F2N2O4/c1-32-19-10-7-17(8-11-19)23-14-22(16-5-3-2-4-6-16)28-29(23)24(30)15-33-25(31)20-12-9-18(26)13-21(20)27/h2-13,23H,14-15H2,1H3. The van der Waals surface area contributed by atoms with Gasteiger partial charge in [0, 0.05) is 12.5 Å². The Labute approximate surface area is 189 Å². The minimum absolute atomic E-state index is 0.417. The lowest BCUT2D eigenvalue weighted by atomic mass is 9.98. The van der Waals surface area contributed by atoms with Crippen LogP contribution in [0.4, 0.5) is 8.78 Å². The molecule has 1 unspecified atom stereocenters. The van der Waals surface area contributed by atoms with Gasteiger partial charge in [0.05, 0.1) is 24.4 Å². The van der Waals surface area contributed by atoms with Crippen LogP contribution in [0.2, 0.25) is 0 Å². The summed E-state index contributed by atoms with van der Waals surface area (Å²) in [6, 6.07) is 18.8. The molecule has 0 N–H and O–H groups in total. The summed E-state index contributed by atoms with van der Waals surface area (Å²) in [5, 5.41) is 5.77. The van der Waals surface area contributed by atoms with E-state index in [-0.39, 0.29) is 0 Å². The number of halogens is 2. The monoisotopic (exact) mass is 450 g/mol. The highest BCUT2D eigenvalue weighted by atomic mass is 19.1. The third kappa shape index (κ3) is 4.90. The average Bonchev–Trinajstić information content (AvgIpc) is 3.28. The van der Waals surface area contributed by atoms with Crippen molar-refractivity contribution in [3.8, 4) is 5.75 Å². The first kappa shape index (κ1) is 22.1. The summed E-state index contributed by atoms with van der Waals surface area (Å²) in [5.41, 5.74) is 1.96. The van der Waals surface area contributed by atoms with Crippen LogP contribution >= 0.6 is 0 Å². The minimum Gasteiger partial charge on any atom is -0.497 e. The summed E-state index contributed by atoms with van der Waals surface area (Å²) in [4.78, 5) is 25.2. The van der Waals surface area contributed by atoms with Gasteiger partial charge in [-0.1, -0.05) is 42.5 Å². The van der Waals surface area contributed by atoms with Crippen LogP contribution in [-0.2, 0) is 9.53 Å². The van der Waals surface area contributed by atoms with Crippen LogP contribution in [0.25, 0.3) is 0 Å². The summed E-state index contributed by atoms with van der Waals surface area (Å²) < 4.78 is 37.1. The first-order valence-electron chi connectivity index (χ1n) is 10.2. The lowest BCUT2D eigenvalue weighted by Crippen LogP contribution is -2.31. The van der Waals surface area contributed by atoms with E-state index in [0.717, 1.165) is 23.3 Å². The van der Waals surface area contributed by atoms with E-state index in [0.29, 0.717) is 23.9 Å². The molecule has 3 aromatic rings. The molecule has 1 atom stereocenters. The van der Waals surface area contributed by atoms with Gasteiger partial charge in [0.25, 0.3) is 5.91 Å². The second-order valence-electron chi connectivity index (χ2n) is 7.34. The van der Waals surface area contributed by atoms with Crippen LogP contribution in [0.5, 0.6) is 5.75 Å². The molecule has 0 spiro atoms. The van der Waals surface area contributed by atoms with Gasteiger partial charge in [-0.05, 0) is 35.4 Å². The maximum absolute atomic E-state index is 13.8. The van der Waals surface area contributed by atoms with Gasteiger partial charge in [-0.2, -0.15) is 5.10 Å². The molecule has 4 rings (SSSR count). The summed E-state index contributed by atoms with van der Waals surface area (Å²) in [7, 11) is 1.56. The third-order valence-electron chi connectivity index (χ3n) is 5.25. The fraction of sp³-hybridized carbons (Fsp3) is 0.160. The largest absolute Gasteiger partial charge is 0.497 e. The van der Waals surface area contributed by atoms with Crippen LogP contribution in [0.15, 0.2) is 77.9 Å². The number of hydrogen-bond donors (Lipinski definition) is 0. The first-order chi connectivity index (χ1) is 16.0. The summed E-state index contributed by atoms with van der Waals surface area (Å²) in [5.74, 6) is -2.84. The second-order valence-corrected chi connectivity index (χ2v) is 7.34. The maximum Gasteiger partial charge on any atom is 0.341 e. The summed E-state index contributed by atoms with van der Waals surface area (Å²) >= 11 is 0. The number of nitrogens with zero attached hydrogens (tertiary/aromatic N) is 2. The van der Waals surface area contributed by atoms with Gasteiger partial charge in [0.15, 0.2) is 6.61 Å². The molecule has 168 valence electrons. The van der Waals surface area contributed by atoms with Gasteiger partial charge in [0.1, 0.15) is 17.4 Å². The topological polar surface area (TPSA) is 68.2 Å². The molecule has 3 aromatic carbocycles. The van der Waals surface area contributed by atoms with Crippen LogP contribution in [0.1, 0.15) is 33.9 Å². The fourth-order valence-corrected chi connectivity index (χ4v) is 3.56. The molecule has 1 heterocycles. The molecule has 0 saturated heterocycles. The Morgan fingerprint density at radius 1 is 1.03 bits per heavy atom. The molecule has 1 aliphatic rings. The van der Waals surface area contributed by atoms with Crippen molar-refractivity contribution in [1.29, 1.82) is 0 Å². The van der Waals surface area contributed by atoms with Gasteiger partial charge in [0.2, 0.25) is 0 Å². The molecule has 1 aliphatic heterocycles. The number of benzene rings is 3. The van der Waals surface area contributed by atoms with Crippen LogP contribution in [0, 0.1) is 11.6 Å². The van der Waals surface area contributed by atoms with Gasteiger partial charge in [-0.25, -0.2) is 18.6 Å². The smallest absolute Gasteiger partial charge is 0.341 e. The maximum atomic E-state index is 13.8. The van der Waals surface area contributed by atoms with Gasteiger partial charge < -0.3 is 9.47 Å². The lowest BCUT2D eigenvalue weighted by Gasteiger charge is -2.22. The number of carbonyl (C=O) groups is 2. The van der Waals surface area contributed by atoms with E-state index in [1.165, 1.54) is 5.01 Å². The molecule has 0 aliphatic carbocycles. The molecule has 6 nitrogen and oxygen atoms in total. The molecule has 0 saturated carbocycles. The molecule has 0 fully saturated rings. The van der Waals surface area contributed by atoms with Gasteiger partial charge in [-0.15, -0.1) is 0 Å². The van der Waals surface area contributed by atoms with Crippen molar-refractivity contribution in [2.24, 2.45) is 5.10 Å². The number of carbonyl (C=O) groups excluding carboxylic acids is 2. The van der Waals surface area contributed by atoms with Crippen molar-refractivity contribution in [3.63, 3.8) is 0 Å². The number of amides is 1. The van der Waals surface area contributed by atoms with E-state index >= 15 is 0 Å². The number of esters is 1. The van der Waals surface area contributed by atoms with E-state index in [1.807, 2.05) is 42.5 Å².